The van der Waals surface area contributed by atoms with Gasteiger partial charge in [0, 0.05) is 45.1 Å². The Kier molecular flexibility index (Phi) is 6.23. The van der Waals surface area contributed by atoms with E-state index in [1.165, 1.54) is 17.3 Å². The fourth-order valence-corrected chi connectivity index (χ4v) is 2.72. The molecule has 29 heavy (non-hydrogen) atoms. The van der Waals surface area contributed by atoms with Crippen LogP contribution in [0.5, 0.6) is 0 Å². The Morgan fingerprint density at radius 2 is 1.69 bits per heavy atom. The van der Waals surface area contributed by atoms with Gasteiger partial charge in [-0.1, -0.05) is 18.2 Å². The number of amides is 3. The van der Waals surface area contributed by atoms with Crippen molar-refractivity contribution in [1.82, 2.24) is 25.1 Å². The Hall–Kier alpha value is -3.68. The number of hydrogen-bond acceptors (Lipinski definition) is 3. The second-order valence-electron chi connectivity index (χ2n) is 6.69. The summed E-state index contributed by atoms with van der Waals surface area (Å²) < 4.78 is 15.8. The van der Waals surface area contributed by atoms with Gasteiger partial charge in [0.05, 0.1) is 12.0 Å². The van der Waals surface area contributed by atoms with E-state index in [9.17, 15) is 14.0 Å². The smallest absolute Gasteiger partial charge is 0.315 e. The van der Waals surface area contributed by atoms with Crippen molar-refractivity contribution in [2.45, 2.75) is 13.1 Å². The molecular weight excluding hydrogens is 373 g/mol. The van der Waals surface area contributed by atoms with E-state index in [1.54, 1.807) is 67.5 Å². The molecule has 0 radical (unpaired) electrons. The zero-order valence-corrected chi connectivity index (χ0v) is 16.2. The molecule has 0 saturated heterocycles. The molecule has 3 amide bonds. The predicted molar refractivity (Wildman–Crippen MR) is 107 cm³/mol. The molecule has 0 aliphatic rings. The molecule has 3 rings (SSSR count). The first kappa shape index (κ1) is 20.1. The van der Waals surface area contributed by atoms with Crippen molar-refractivity contribution in [3.05, 3.63) is 83.7 Å². The lowest BCUT2D eigenvalue weighted by Crippen LogP contribution is -2.34. The lowest BCUT2D eigenvalue weighted by atomic mass is 10.1. The molecule has 2 aromatic carbocycles. The van der Waals surface area contributed by atoms with Crippen molar-refractivity contribution in [2.24, 2.45) is 0 Å². The Labute approximate surface area is 168 Å². The second kappa shape index (κ2) is 9.01. The number of urea groups is 1. The second-order valence-corrected chi connectivity index (χ2v) is 6.69. The molecule has 0 spiro atoms. The Bertz CT molecular complexity index is 985. The van der Waals surface area contributed by atoms with Crippen LogP contribution in [0.2, 0.25) is 0 Å². The molecule has 0 fully saturated rings. The van der Waals surface area contributed by atoms with Crippen LogP contribution in [0.3, 0.4) is 0 Å². The number of nitrogens with one attached hydrogen (secondary N) is 2. The van der Waals surface area contributed by atoms with Crippen LogP contribution in [0, 0.1) is 5.82 Å². The van der Waals surface area contributed by atoms with E-state index in [0.29, 0.717) is 23.4 Å². The maximum Gasteiger partial charge on any atom is 0.315 e. The molecule has 1 heterocycles. The van der Waals surface area contributed by atoms with E-state index in [2.05, 4.69) is 15.6 Å². The number of benzene rings is 2. The maximum absolute atomic E-state index is 14.2. The summed E-state index contributed by atoms with van der Waals surface area (Å²) in [5.41, 5.74) is 2.50. The molecule has 0 saturated carbocycles. The minimum atomic E-state index is -0.393. The molecule has 3 aromatic rings. The van der Waals surface area contributed by atoms with E-state index >= 15 is 0 Å². The number of rotatable bonds is 6. The molecule has 150 valence electrons. The lowest BCUT2D eigenvalue weighted by Gasteiger charge is -2.11. The van der Waals surface area contributed by atoms with Crippen LogP contribution in [0.4, 0.5) is 9.18 Å². The van der Waals surface area contributed by atoms with Crippen molar-refractivity contribution >= 4 is 11.9 Å². The summed E-state index contributed by atoms with van der Waals surface area (Å²) in [6, 6.07) is 11.4. The molecule has 0 aliphatic carbocycles. The summed E-state index contributed by atoms with van der Waals surface area (Å²) in [4.78, 5) is 29.3. The highest BCUT2D eigenvalue weighted by Gasteiger charge is 2.09. The lowest BCUT2D eigenvalue weighted by molar-refractivity contribution is 0.0827. The predicted octanol–water partition coefficient (Wildman–Crippen LogP) is 2.71. The van der Waals surface area contributed by atoms with Crippen molar-refractivity contribution < 1.29 is 14.0 Å². The van der Waals surface area contributed by atoms with Crippen LogP contribution in [0.1, 0.15) is 21.5 Å². The number of aromatic nitrogens is 2. The van der Waals surface area contributed by atoms with Crippen LogP contribution in [0.15, 0.2) is 61.2 Å². The fourth-order valence-electron chi connectivity index (χ4n) is 2.72. The van der Waals surface area contributed by atoms with Gasteiger partial charge >= 0.3 is 6.03 Å². The van der Waals surface area contributed by atoms with Gasteiger partial charge in [0.1, 0.15) is 5.82 Å². The Morgan fingerprint density at radius 1 is 1.03 bits per heavy atom. The molecule has 0 bridgehead atoms. The first-order valence-corrected chi connectivity index (χ1v) is 9.03. The van der Waals surface area contributed by atoms with Gasteiger partial charge in [0.2, 0.25) is 0 Å². The van der Waals surface area contributed by atoms with Gasteiger partial charge in [-0.3, -0.25) is 4.79 Å². The van der Waals surface area contributed by atoms with Crippen molar-refractivity contribution in [3.8, 4) is 5.69 Å². The van der Waals surface area contributed by atoms with Gasteiger partial charge in [-0.05, 0) is 35.4 Å². The Balaban J connectivity index is 1.49. The third-order valence-electron chi connectivity index (χ3n) is 4.31. The molecule has 0 atom stereocenters. The summed E-state index contributed by atoms with van der Waals surface area (Å²) in [6.45, 7) is 0.513. The number of carbonyl (C=O) groups is 2. The highest BCUT2D eigenvalue weighted by atomic mass is 19.1. The minimum absolute atomic E-state index is 0.0754. The summed E-state index contributed by atoms with van der Waals surface area (Å²) in [6.07, 6.45) is 4.76. The number of carbonyl (C=O) groups excluding carboxylic acids is 2. The molecule has 7 nitrogen and oxygen atoms in total. The molecule has 2 N–H and O–H groups in total. The quantitative estimate of drug-likeness (QED) is 0.674. The normalized spacial score (nSPS) is 10.4. The van der Waals surface area contributed by atoms with Gasteiger partial charge in [0.15, 0.2) is 0 Å². The third-order valence-corrected chi connectivity index (χ3v) is 4.31. The Morgan fingerprint density at radius 3 is 2.28 bits per heavy atom. The molecule has 1 aromatic heterocycles. The average molecular weight is 395 g/mol. The fraction of sp³-hybridized carbons (Fsp3) is 0.190. The monoisotopic (exact) mass is 395 g/mol. The van der Waals surface area contributed by atoms with Crippen LogP contribution in [0.25, 0.3) is 5.69 Å². The molecule has 0 aliphatic heterocycles. The van der Waals surface area contributed by atoms with Crippen molar-refractivity contribution in [2.75, 3.05) is 14.1 Å². The van der Waals surface area contributed by atoms with Crippen LogP contribution < -0.4 is 10.6 Å². The molecular formula is C21H22FN5O2. The summed E-state index contributed by atoms with van der Waals surface area (Å²) in [5, 5.41) is 5.44. The van der Waals surface area contributed by atoms with Gasteiger partial charge in [-0.15, -0.1) is 0 Å². The zero-order chi connectivity index (χ0) is 20.8. The van der Waals surface area contributed by atoms with Gasteiger partial charge in [0.25, 0.3) is 5.91 Å². The number of imidazole rings is 1. The third kappa shape index (κ3) is 5.19. The SMILES string of the molecule is CN(C)C(=O)c1ccc(CNC(=O)NCc2ccc(-n3ccnc3)c(F)c2)cc1. The average Bonchev–Trinajstić information content (AvgIpc) is 3.25. The van der Waals surface area contributed by atoms with E-state index in [0.717, 1.165) is 5.56 Å². The van der Waals surface area contributed by atoms with E-state index < -0.39 is 5.82 Å². The van der Waals surface area contributed by atoms with Gasteiger partial charge in [-0.2, -0.15) is 0 Å². The standard InChI is InChI=1S/C21H22FN5O2/c1-26(2)20(28)17-6-3-15(4-7-17)12-24-21(29)25-13-16-5-8-19(18(22)11-16)27-10-9-23-14-27/h3-11,14H,12-13H2,1-2H3,(H2,24,25,29). The van der Waals surface area contributed by atoms with Crippen LogP contribution in [-0.4, -0.2) is 40.5 Å². The molecule has 0 unspecified atom stereocenters. The summed E-state index contributed by atoms with van der Waals surface area (Å²) in [5.74, 6) is -0.469. The van der Waals surface area contributed by atoms with Crippen molar-refractivity contribution in [1.29, 1.82) is 0 Å². The highest BCUT2D eigenvalue weighted by molar-refractivity contribution is 5.93. The molecule has 8 heteroatoms. The van der Waals surface area contributed by atoms with E-state index in [-0.39, 0.29) is 18.5 Å². The topological polar surface area (TPSA) is 79.3 Å². The van der Waals surface area contributed by atoms with Crippen molar-refractivity contribution in [3.63, 3.8) is 0 Å². The first-order chi connectivity index (χ1) is 13.9. The van der Waals surface area contributed by atoms with Gasteiger partial charge in [-0.25, -0.2) is 14.2 Å². The van der Waals surface area contributed by atoms with Crippen LogP contribution in [-0.2, 0) is 13.1 Å². The zero-order valence-electron chi connectivity index (χ0n) is 16.2. The van der Waals surface area contributed by atoms with E-state index in [1.807, 2.05) is 0 Å². The number of halogens is 1. The maximum atomic E-state index is 14.2. The number of hydrogen-bond donors (Lipinski definition) is 2. The first-order valence-electron chi connectivity index (χ1n) is 9.03. The largest absolute Gasteiger partial charge is 0.345 e. The summed E-state index contributed by atoms with van der Waals surface area (Å²) >= 11 is 0. The van der Waals surface area contributed by atoms with Crippen LogP contribution >= 0.6 is 0 Å². The minimum Gasteiger partial charge on any atom is -0.345 e. The highest BCUT2D eigenvalue weighted by Crippen LogP contribution is 2.15. The number of nitrogens with zero attached hydrogens (tertiary/aromatic N) is 3. The summed E-state index contributed by atoms with van der Waals surface area (Å²) in [7, 11) is 3.39. The van der Waals surface area contributed by atoms with Gasteiger partial charge < -0.3 is 20.1 Å². The van der Waals surface area contributed by atoms with E-state index in [4.69, 9.17) is 0 Å².